The molecular weight excluding hydrogens is 386 g/mol. The fourth-order valence-electron chi connectivity index (χ4n) is 3.36. The van der Waals surface area contributed by atoms with Crippen LogP contribution >= 0.6 is 11.3 Å². The van der Waals surface area contributed by atoms with E-state index in [1.165, 1.54) is 11.3 Å². The number of nitrogens with zero attached hydrogens (tertiary/aromatic N) is 2. The Bertz CT molecular complexity index is 1060. The fraction of sp³-hybridized carbons (Fsp3) is 0.227. The second-order valence-electron chi connectivity index (χ2n) is 6.74. The van der Waals surface area contributed by atoms with Gasteiger partial charge in [0.1, 0.15) is 5.75 Å². The van der Waals surface area contributed by atoms with Crippen LogP contribution in [-0.2, 0) is 16.0 Å². The third-order valence-electron chi connectivity index (χ3n) is 4.74. The van der Waals surface area contributed by atoms with Crippen molar-refractivity contribution in [2.24, 2.45) is 0 Å². The molecule has 29 heavy (non-hydrogen) atoms. The number of thiazole rings is 1. The smallest absolute Gasteiger partial charge is 0.265 e. The Balaban J connectivity index is 1.56. The predicted molar refractivity (Wildman–Crippen MR) is 115 cm³/mol. The van der Waals surface area contributed by atoms with Crippen LogP contribution in [0.3, 0.4) is 0 Å². The number of aryl methyl sites for hydroxylation is 1. The van der Waals surface area contributed by atoms with Crippen LogP contribution < -0.4 is 15.0 Å². The Morgan fingerprint density at radius 3 is 2.79 bits per heavy atom. The van der Waals surface area contributed by atoms with E-state index in [2.05, 4.69) is 10.3 Å². The lowest BCUT2D eigenvalue weighted by molar-refractivity contribution is -0.121. The second-order valence-corrected chi connectivity index (χ2v) is 7.95. The zero-order chi connectivity index (χ0) is 20.4. The van der Waals surface area contributed by atoms with Crippen LogP contribution in [0.15, 0.2) is 48.5 Å². The maximum Gasteiger partial charge on any atom is 0.265 e. The van der Waals surface area contributed by atoms with Crippen LogP contribution in [0.25, 0.3) is 11.3 Å². The lowest BCUT2D eigenvalue weighted by Gasteiger charge is -2.28. The molecule has 0 saturated carbocycles. The summed E-state index contributed by atoms with van der Waals surface area (Å²) in [5.41, 5.74) is 3.39. The van der Waals surface area contributed by atoms with E-state index in [0.29, 0.717) is 23.8 Å². The predicted octanol–water partition coefficient (Wildman–Crippen LogP) is 4.05. The van der Waals surface area contributed by atoms with Crippen LogP contribution in [0.4, 0.5) is 10.8 Å². The Morgan fingerprint density at radius 1 is 1.24 bits per heavy atom. The minimum Gasteiger partial charge on any atom is -0.482 e. The minimum atomic E-state index is -0.0990. The van der Waals surface area contributed by atoms with Crippen molar-refractivity contribution in [2.75, 3.05) is 23.4 Å². The quantitative estimate of drug-likeness (QED) is 0.693. The maximum atomic E-state index is 12.3. The summed E-state index contributed by atoms with van der Waals surface area (Å²) in [6, 6.07) is 15.3. The van der Waals surface area contributed by atoms with Gasteiger partial charge in [0.2, 0.25) is 5.91 Å². The van der Waals surface area contributed by atoms with Crippen LogP contribution in [-0.4, -0.2) is 29.9 Å². The third kappa shape index (κ3) is 4.00. The van der Waals surface area contributed by atoms with Crippen molar-refractivity contribution in [1.29, 1.82) is 0 Å². The summed E-state index contributed by atoms with van der Waals surface area (Å²) in [5.74, 6) is 0.540. The van der Waals surface area contributed by atoms with Gasteiger partial charge in [-0.05, 0) is 37.6 Å². The van der Waals surface area contributed by atoms with E-state index in [1.54, 1.807) is 4.90 Å². The zero-order valence-electron chi connectivity index (χ0n) is 16.3. The van der Waals surface area contributed by atoms with Crippen molar-refractivity contribution in [3.8, 4) is 17.0 Å². The second kappa shape index (κ2) is 8.05. The average Bonchev–Trinajstić information content (AvgIpc) is 3.08. The Hall–Kier alpha value is -3.19. The average molecular weight is 407 g/mol. The van der Waals surface area contributed by atoms with Gasteiger partial charge in [0.05, 0.1) is 17.8 Å². The molecule has 0 fully saturated rings. The van der Waals surface area contributed by atoms with E-state index in [1.807, 2.05) is 62.4 Å². The number of rotatable bonds is 5. The first-order valence-electron chi connectivity index (χ1n) is 9.44. The molecule has 7 heteroatoms. The summed E-state index contributed by atoms with van der Waals surface area (Å²) in [4.78, 5) is 31.8. The summed E-state index contributed by atoms with van der Waals surface area (Å²) in [5, 5.41) is 3.46. The molecule has 2 heterocycles. The van der Waals surface area contributed by atoms with E-state index in [-0.39, 0.29) is 18.4 Å². The van der Waals surface area contributed by atoms with Crippen LogP contribution in [0.2, 0.25) is 0 Å². The van der Waals surface area contributed by atoms with E-state index in [9.17, 15) is 9.59 Å². The summed E-state index contributed by atoms with van der Waals surface area (Å²) in [7, 11) is 0. The van der Waals surface area contributed by atoms with Gasteiger partial charge in [-0.25, -0.2) is 4.98 Å². The van der Waals surface area contributed by atoms with Gasteiger partial charge in [-0.3, -0.25) is 9.59 Å². The Labute approximate surface area is 173 Å². The van der Waals surface area contributed by atoms with Gasteiger partial charge in [0, 0.05) is 17.0 Å². The van der Waals surface area contributed by atoms with Gasteiger partial charge >= 0.3 is 0 Å². The highest BCUT2D eigenvalue weighted by Gasteiger charge is 2.25. The first-order valence-corrected chi connectivity index (χ1v) is 10.3. The lowest BCUT2D eigenvalue weighted by atomic mass is 10.1. The van der Waals surface area contributed by atoms with E-state index >= 15 is 0 Å². The SMILES string of the molecule is CCN1C(=O)COc2ccc(-c3nc(NC(=O)Cc4ccccc4)sc3C)cc21. The molecule has 0 radical (unpaired) electrons. The molecule has 1 aliphatic heterocycles. The number of aromatic nitrogens is 1. The molecule has 2 amide bonds. The standard InChI is InChI=1S/C22H21N3O3S/c1-3-25-17-12-16(9-10-18(17)28-13-20(25)27)21-14(2)29-22(24-21)23-19(26)11-15-7-5-4-6-8-15/h4-10,12H,3,11,13H2,1-2H3,(H,23,24,26). The number of amides is 2. The molecule has 0 unspecified atom stereocenters. The number of carbonyl (C=O) groups is 2. The molecular formula is C22H21N3O3S. The van der Waals surface area contributed by atoms with Crippen molar-refractivity contribution in [3.05, 3.63) is 59.0 Å². The molecule has 0 aliphatic carbocycles. The highest BCUT2D eigenvalue weighted by molar-refractivity contribution is 7.16. The maximum absolute atomic E-state index is 12.3. The number of fused-ring (bicyclic) bond motifs is 1. The monoisotopic (exact) mass is 407 g/mol. The number of carbonyl (C=O) groups excluding carboxylic acids is 2. The Morgan fingerprint density at radius 2 is 2.03 bits per heavy atom. The minimum absolute atomic E-state index is 0.0546. The first-order chi connectivity index (χ1) is 14.0. The fourth-order valence-corrected chi connectivity index (χ4v) is 4.21. The number of benzene rings is 2. The summed E-state index contributed by atoms with van der Waals surface area (Å²) >= 11 is 1.44. The molecule has 6 nitrogen and oxygen atoms in total. The molecule has 0 spiro atoms. The summed E-state index contributed by atoms with van der Waals surface area (Å²) in [6.45, 7) is 4.55. The van der Waals surface area contributed by atoms with E-state index < -0.39 is 0 Å². The van der Waals surface area contributed by atoms with E-state index in [0.717, 1.165) is 27.4 Å². The van der Waals surface area contributed by atoms with Gasteiger partial charge in [0.15, 0.2) is 11.7 Å². The van der Waals surface area contributed by atoms with Crippen LogP contribution in [0.1, 0.15) is 17.4 Å². The molecule has 0 bridgehead atoms. The third-order valence-corrected chi connectivity index (χ3v) is 5.63. The van der Waals surface area contributed by atoms with Crippen molar-refractivity contribution in [2.45, 2.75) is 20.3 Å². The van der Waals surface area contributed by atoms with Crippen molar-refractivity contribution >= 4 is 34.0 Å². The van der Waals surface area contributed by atoms with E-state index in [4.69, 9.17) is 4.74 Å². The number of nitrogens with one attached hydrogen (secondary N) is 1. The van der Waals surface area contributed by atoms with Crippen LogP contribution in [0.5, 0.6) is 5.75 Å². The zero-order valence-corrected chi connectivity index (χ0v) is 17.1. The molecule has 4 rings (SSSR count). The molecule has 3 aromatic rings. The number of hydrogen-bond acceptors (Lipinski definition) is 5. The highest BCUT2D eigenvalue weighted by Crippen LogP contribution is 2.38. The van der Waals surface area contributed by atoms with Crippen molar-refractivity contribution in [1.82, 2.24) is 4.98 Å². The molecule has 1 N–H and O–H groups in total. The molecule has 0 saturated heterocycles. The van der Waals surface area contributed by atoms with Gasteiger partial charge in [-0.15, -0.1) is 11.3 Å². The largest absolute Gasteiger partial charge is 0.482 e. The number of ether oxygens (including phenoxy) is 1. The number of likely N-dealkylation sites (N-methyl/N-ethyl adjacent to an activating group) is 1. The normalized spacial score (nSPS) is 13.0. The lowest BCUT2D eigenvalue weighted by Crippen LogP contribution is -2.38. The summed E-state index contributed by atoms with van der Waals surface area (Å²) < 4.78 is 5.54. The first kappa shape index (κ1) is 19.1. The van der Waals surface area contributed by atoms with Gasteiger partial charge < -0.3 is 15.0 Å². The molecule has 0 atom stereocenters. The van der Waals surface area contributed by atoms with Gasteiger partial charge in [-0.1, -0.05) is 30.3 Å². The van der Waals surface area contributed by atoms with Crippen LogP contribution in [0, 0.1) is 6.92 Å². The molecule has 2 aromatic carbocycles. The molecule has 148 valence electrons. The number of hydrogen-bond donors (Lipinski definition) is 1. The highest BCUT2D eigenvalue weighted by atomic mass is 32.1. The van der Waals surface area contributed by atoms with Crippen molar-refractivity contribution in [3.63, 3.8) is 0 Å². The van der Waals surface area contributed by atoms with Gasteiger partial charge in [-0.2, -0.15) is 0 Å². The number of anilines is 2. The topological polar surface area (TPSA) is 71.5 Å². The van der Waals surface area contributed by atoms with Gasteiger partial charge in [0.25, 0.3) is 5.91 Å². The molecule has 1 aromatic heterocycles. The Kier molecular flexibility index (Phi) is 5.31. The summed E-state index contributed by atoms with van der Waals surface area (Å²) in [6.07, 6.45) is 0.304. The van der Waals surface area contributed by atoms with Crippen molar-refractivity contribution < 1.29 is 14.3 Å². The molecule has 1 aliphatic rings.